The molecule has 0 aromatic heterocycles. The number of hydrogen-bond donors (Lipinski definition) is 2. The van der Waals surface area contributed by atoms with E-state index < -0.39 is 5.97 Å². The number of hydrogen-bond acceptors (Lipinski definition) is 2. The summed E-state index contributed by atoms with van der Waals surface area (Å²) in [5.74, 6) is -1.12. The zero-order chi connectivity index (χ0) is 15.2. The molecule has 0 radical (unpaired) electrons. The molecule has 1 aromatic carbocycles. The number of rotatable bonds is 3. The van der Waals surface area contributed by atoms with E-state index in [1.807, 2.05) is 18.2 Å². The highest BCUT2D eigenvalue weighted by molar-refractivity contribution is 6.32. The number of piperidine rings is 1. The van der Waals surface area contributed by atoms with Crippen LogP contribution < -0.4 is 5.32 Å². The summed E-state index contributed by atoms with van der Waals surface area (Å²) in [5.41, 5.74) is 0.823. The molecule has 1 fully saturated rings. The van der Waals surface area contributed by atoms with E-state index in [4.69, 9.17) is 16.7 Å². The number of carboxylic acid groups (broad SMARTS) is 1. The van der Waals surface area contributed by atoms with Gasteiger partial charge in [0, 0.05) is 24.3 Å². The summed E-state index contributed by atoms with van der Waals surface area (Å²) in [5, 5.41) is 12.2. The van der Waals surface area contributed by atoms with E-state index in [9.17, 15) is 9.59 Å². The highest BCUT2D eigenvalue weighted by Gasteiger charge is 2.26. The molecular formula is C15H17ClN2O3. The lowest BCUT2D eigenvalue weighted by Crippen LogP contribution is -2.44. The maximum Gasteiger partial charge on any atom is 0.321 e. The van der Waals surface area contributed by atoms with Crippen molar-refractivity contribution < 1.29 is 14.7 Å². The maximum absolute atomic E-state index is 11.9. The van der Waals surface area contributed by atoms with Gasteiger partial charge in [0.1, 0.15) is 0 Å². The van der Waals surface area contributed by atoms with Crippen molar-refractivity contribution in [3.05, 3.63) is 41.1 Å². The molecule has 1 saturated heterocycles. The van der Waals surface area contributed by atoms with Crippen LogP contribution in [0.1, 0.15) is 18.4 Å². The number of carbonyl (C=O) groups is 2. The average molecular weight is 309 g/mol. The fourth-order valence-electron chi connectivity index (χ4n) is 2.23. The first kappa shape index (κ1) is 15.4. The summed E-state index contributed by atoms with van der Waals surface area (Å²) >= 11 is 6.00. The van der Waals surface area contributed by atoms with Gasteiger partial charge in [-0.3, -0.25) is 4.79 Å². The van der Waals surface area contributed by atoms with Gasteiger partial charge in [0.15, 0.2) is 0 Å². The largest absolute Gasteiger partial charge is 0.481 e. The molecule has 112 valence electrons. The average Bonchev–Trinajstić information content (AvgIpc) is 2.49. The van der Waals surface area contributed by atoms with Crippen LogP contribution in [0.2, 0.25) is 5.02 Å². The lowest BCUT2D eigenvalue weighted by molar-refractivity contribution is -0.143. The zero-order valence-corrected chi connectivity index (χ0v) is 12.2. The molecule has 0 atom stereocenters. The molecule has 6 heteroatoms. The number of nitrogens with zero attached hydrogens (tertiary/aromatic N) is 1. The van der Waals surface area contributed by atoms with Crippen molar-refractivity contribution in [2.24, 2.45) is 5.92 Å². The second-order valence-corrected chi connectivity index (χ2v) is 5.31. The van der Waals surface area contributed by atoms with E-state index in [0.29, 0.717) is 31.0 Å². The summed E-state index contributed by atoms with van der Waals surface area (Å²) in [6.07, 6.45) is 4.27. The molecule has 2 N–H and O–H groups in total. The van der Waals surface area contributed by atoms with Crippen LogP contribution in [0.25, 0.3) is 6.08 Å². The molecule has 2 rings (SSSR count). The number of nitrogens with one attached hydrogen (secondary N) is 1. The molecule has 21 heavy (non-hydrogen) atoms. The minimum Gasteiger partial charge on any atom is -0.481 e. The zero-order valence-electron chi connectivity index (χ0n) is 11.5. The summed E-state index contributed by atoms with van der Waals surface area (Å²) in [7, 11) is 0. The fourth-order valence-corrected chi connectivity index (χ4v) is 2.43. The Labute approximate surface area is 128 Å². The SMILES string of the molecule is O=C(O)C1CCN(C(=O)N/C=C/c2ccccc2Cl)CC1. The number of amides is 2. The molecule has 1 aliphatic heterocycles. The Hall–Kier alpha value is -2.01. The van der Waals surface area contributed by atoms with Crippen LogP contribution in [0.5, 0.6) is 0 Å². The first-order chi connectivity index (χ1) is 10.1. The van der Waals surface area contributed by atoms with Crippen molar-refractivity contribution in [2.45, 2.75) is 12.8 Å². The molecule has 2 amide bonds. The smallest absolute Gasteiger partial charge is 0.321 e. The minimum absolute atomic E-state index is 0.220. The second kappa shape index (κ2) is 7.13. The first-order valence-electron chi connectivity index (χ1n) is 6.77. The van der Waals surface area contributed by atoms with Crippen molar-refractivity contribution in [1.82, 2.24) is 10.2 Å². The third-order valence-electron chi connectivity index (χ3n) is 3.51. The third-order valence-corrected chi connectivity index (χ3v) is 3.85. The predicted octanol–water partition coefficient (Wildman–Crippen LogP) is 2.82. The number of carbonyl (C=O) groups excluding carboxylic acids is 1. The molecule has 0 saturated carbocycles. The minimum atomic E-state index is -0.784. The Bertz CT molecular complexity index is 552. The number of benzene rings is 1. The third kappa shape index (κ3) is 4.23. The molecule has 0 aliphatic carbocycles. The van der Waals surface area contributed by atoms with Crippen LogP contribution in [-0.4, -0.2) is 35.1 Å². The normalized spacial score (nSPS) is 16.1. The van der Waals surface area contributed by atoms with Gasteiger partial charge in [-0.1, -0.05) is 29.8 Å². The first-order valence-corrected chi connectivity index (χ1v) is 7.15. The van der Waals surface area contributed by atoms with Crippen molar-refractivity contribution in [3.8, 4) is 0 Å². The Kier molecular flexibility index (Phi) is 5.22. The van der Waals surface area contributed by atoms with Gasteiger partial charge in [0.2, 0.25) is 0 Å². The maximum atomic E-state index is 11.9. The lowest BCUT2D eigenvalue weighted by Gasteiger charge is -2.29. The van der Waals surface area contributed by atoms with E-state index in [-0.39, 0.29) is 11.9 Å². The molecule has 1 aromatic rings. The van der Waals surface area contributed by atoms with Gasteiger partial charge in [0.05, 0.1) is 5.92 Å². The number of likely N-dealkylation sites (tertiary alicyclic amines) is 1. The number of carboxylic acids is 1. The Morgan fingerprint density at radius 1 is 1.29 bits per heavy atom. The van der Waals surface area contributed by atoms with Gasteiger partial charge in [0.25, 0.3) is 0 Å². The van der Waals surface area contributed by atoms with Crippen LogP contribution in [0.15, 0.2) is 30.5 Å². The van der Waals surface area contributed by atoms with Crippen LogP contribution in [0.4, 0.5) is 4.79 Å². The molecule has 5 nitrogen and oxygen atoms in total. The highest BCUT2D eigenvalue weighted by Crippen LogP contribution is 2.18. The van der Waals surface area contributed by atoms with Gasteiger partial charge < -0.3 is 15.3 Å². The van der Waals surface area contributed by atoms with Crippen LogP contribution in [0, 0.1) is 5.92 Å². The van der Waals surface area contributed by atoms with E-state index in [0.717, 1.165) is 5.56 Å². The number of halogens is 1. The molecular weight excluding hydrogens is 292 g/mol. The molecule has 0 bridgehead atoms. The van der Waals surface area contributed by atoms with Crippen molar-refractivity contribution in [3.63, 3.8) is 0 Å². The predicted molar refractivity (Wildman–Crippen MR) is 81.0 cm³/mol. The van der Waals surface area contributed by atoms with Gasteiger partial charge >= 0.3 is 12.0 Å². The second-order valence-electron chi connectivity index (χ2n) is 4.90. The standard InChI is InChI=1S/C15H17ClN2O3/c16-13-4-2-1-3-11(13)5-8-17-15(21)18-9-6-12(7-10-18)14(19)20/h1-5,8,12H,6-7,9-10H2,(H,17,21)(H,19,20)/b8-5+. The topological polar surface area (TPSA) is 69.6 Å². The van der Waals surface area contributed by atoms with Crippen LogP contribution in [-0.2, 0) is 4.79 Å². The van der Waals surface area contributed by atoms with Crippen molar-refractivity contribution >= 4 is 29.7 Å². The Morgan fingerprint density at radius 2 is 1.95 bits per heavy atom. The van der Waals surface area contributed by atoms with Gasteiger partial charge in [-0.2, -0.15) is 0 Å². The van der Waals surface area contributed by atoms with Crippen molar-refractivity contribution in [2.75, 3.05) is 13.1 Å². The van der Waals surface area contributed by atoms with E-state index in [2.05, 4.69) is 5.32 Å². The molecule has 1 heterocycles. The number of aliphatic carboxylic acids is 1. The van der Waals surface area contributed by atoms with Gasteiger partial charge in [-0.25, -0.2) is 4.79 Å². The van der Waals surface area contributed by atoms with Gasteiger partial charge in [-0.15, -0.1) is 0 Å². The Balaban J connectivity index is 1.83. The highest BCUT2D eigenvalue weighted by atomic mass is 35.5. The van der Waals surface area contributed by atoms with E-state index in [1.165, 1.54) is 0 Å². The van der Waals surface area contributed by atoms with Crippen molar-refractivity contribution in [1.29, 1.82) is 0 Å². The Morgan fingerprint density at radius 3 is 2.57 bits per heavy atom. The summed E-state index contributed by atoms with van der Waals surface area (Å²) in [4.78, 5) is 24.4. The quantitative estimate of drug-likeness (QED) is 0.902. The van der Waals surface area contributed by atoms with E-state index >= 15 is 0 Å². The molecule has 0 unspecified atom stereocenters. The van der Waals surface area contributed by atoms with Crippen LogP contribution >= 0.6 is 11.6 Å². The monoisotopic (exact) mass is 308 g/mol. The van der Waals surface area contributed by atoms with Gasteiger partial charge in [-0.05, 0) is 30.5 Å². The fraction of sp³-hybridized carbons (Fsp3) is 0.333. The summed E-state index contributed by atoms with van der Waals surface area (Å²) in [6, 6.07) is 7.11. The van der Waals surface area contributed by atoms with E-state index in [1.54, 1.807) is 23.2 Å². The summed E-state index contributed by atoms with van der Waals surface area (Å²) in [6.45, 7) is 0.922. The lowest BCUT2D eigenvalue weighted by atomic mass is 9.97. The van der Waals surface area contributed by atoms with Crippen LogP contribution in [0.3, 0.4) is 0 Å². The molecule has 0 spiro atoms. The number of urea groups is 1. The summed E-state index contributed by atoms with van der Waals surface area (Å²) < 4.78 is 0. The molecule has 1 aliphatic rings.